The second-order valence-corrected chi connectivity index (χ2v) is 5.36. The van der Waals surface area contributed by atoms with Crippen molar-refractivity contribution in [1.29, 1.82) is 5.26 Å². The van der Waals surface area contributed by atoms with E-state index in [1.54, 1.807) is 0 Å². The van der Waals surface area contributed by atoms with Crippen LogP contribution in [0.5, 0.6) is 0 Å². The molecule has 1 N–H and O–H groups in total. The zero-order chi connectivity index (χ0) is 12.6. The van der Waals surface area contributed by atoms with E-state index in [-0.39, 0.29) is 5.91 Å². The Morgan fingerprint density at radius 1 is 1.44 bits per heavy atom. The summed E-state index contributed by atoms with van der Waals surface area (Å²) in [6.07, 6.45) is 3.47. The van der Waals surface area contributed by atoms with Gasteiger partial charge in [-0.1, -0.05) is 24.3 Å². The average Bonchev–Trinajstić information content (AvgIpc) is 2.29. The third kappa shape index (κ3) is 1.60. The molecule has 3 nitrogen and oxygen atoms in total. The molecule has 1 saturated carbocycles. The van der Waals surface area contributed by atoms with E-state index in [1.165, 1.54) is 11.1 Å². The molecule has 1 unspecified atom stereocenters. The van der Waals surface area contributed by atoms with Crippen molar-refractivity contribution in [2.75, 3.05) is 6.54 Å². The number of rotatable bonds is 3. The molecular weight excluding hydrogens is 224 g/mol. The summed E-state index contributed by atoms with van der Waals surface area (Å²) in [5.74, 6) is 0.363. The second kappa shape index (κ2) is 4.13. The number of carbonyl (C=O) groups excluding carboxylic acids is 1. The number of nitriles is 1. The molecule has 0 aliphatic heterocycles. The fraction of sp³-hybridized carbons (Fsp3) is 0.467. The first-order valence-corrected chi connectivity index (χ1v) is 6.52. The van der Waals surface area contributed by atoms with Gasteiger partial charge in [0.15, 0.2) is 0 Å². The minimum atomic E-state index is -0.719. The van der Waals surface area contributed by atoms with E-state index in [1.807, 2.05) is 12.1 Å². The number of carbonyl (C=O) groups is 1. The highest BCUT2D eigenvalue weighted by Crippen LogP contribution is 2.41. The number of hydrogen-bond donors (Lipinski definition) is 1. The summed E-state index contributed by atoms with van der Waals surface area (Å²) in [5.41, 5.74) is 2.01. The molecule has 3 heteroatoms. The zero-order valence-corrected chi connectivity index (χ0v) is 10.3. The van der Waals surface area contributed by atoms with E-state index in [9.17, 15) is 4.79 Å². The van der Waals surface area contributed by atoms with Gasteiger partial charge in [-0.25, -0.2) is 0 Å². The van der Waals surface area contributed by atoms with Gasteiger partial charge in [0.25, 0.3) is 0 Å². The van der Waals surface area contributed by atoms with Crippen molar-refractivity contribution in [3.63, 3.8) is 0 Å². The molecule has 1 atom stereocenters. The van der Waals surface area contributed by atoms with Crippen LogP contribution < -0.4 is 5.32 Å². The maximum atomic E-state index is 12.0. The third-order valence-electron chi connectivity index (χ3n) is 4.33. The van der Waals surface area contributed by atoms with Crippen LogP contribution in [-0.4, -0.2) is 12.5 Å². The van der Waals surface area contributed by atoms with Crippen LogP contribution in [0.2, 0.25) is 0 Å². The Hall–Kier alpha value is -1.82. The Bertz CT molecular complexity index is 526. The van der Waals surface area contributed by atoms with Gasteiger partial charge in [-0.2, -0.15) is 5.26 Å². The monoisotopic (exact) mass is 240 g/mol. The minimum absolute atomic E-state index is 0.0689. The molecule has 1 aromatic carbocycles. The van der Waals surface area contributed by atoms with Gasteiger partial charge in [0, 0.05) is 12.5 Å². The molecule has 0 heterocycles. The molecule has 92 valence electrons. The van der Waals surface area contributed by atoms with Crippen LogP contribution in [0.25, 0.3) is 0 Å². The summed E-state index contributed by atoms with van der Waals surface area (Å²) in [5, 5.41) is 12.0. The zero-order valence-electron chi connectivity index (χ0n) is 10.3. The second-order valence-electron chi connectivity index (χ2n) is 5.36. The van der Waals surface area contributed by atoms with Gasteiger partial charge in [-0.15, -0.1) is 0 Å². The molecule has 0 spiro atoms. The molecule has 0 radical (unpaired) electrons. The lowest BCUT2D eigenvalue weighted by Gasteiger charge is -2.35. The largest absolute Gasteiger partial charge is 0.354 e. The predicted molar refractivity (Wildman–Crippen MR) is 67.8 cm³/mol. The molecule has 3 rings (SSSR count). The molecular formula is C15H16N2O. The maximum Gasteiger partial charge on any atom is 0.240 e. The summed E-state index contributed by atoms with van der Waals surface area (Å²) < 4.78 is 0. The number of amides is 1. The first-order valence-electron chi connectivity index (χ1n) is 6.52. The molecule has 2 aliphatic carbocycles. The Morgan fingerprint density at radius 3 is 2.83 bits per heavy atom. The van der Waals surface area contributed by atoms with Crippen molar-refractivity contribution in [1.82, 2.24) is 5.32 Å². The standard InChI is InChI=1S/C15H16N2O/c16-10-15(6-3-7-15)14(18)17-9-12-8-11-4-1-2-5-13(11)12/h1-2,4-5,12H,3,6-9H2,(H,17,18). The van der Waals surface area contributed by atoms with Crippen LogP contribution in [0.4, 0.5) is 0 Å². The van der Waals surface area contributed by atoms with E-state index < -0.39 is 5.41 Å². The van der Waals surface area contributed by atoms with Crippen molar-refractivity contribution >= 4 is 5.91 Å². The van der Waals surface area contributed by atoms with Crippen molar-refractivity contribution in [2.45, 2.75) is 31.6 Å². The van der Waals surface area contributed by atoms with Crippen LogP contribution in [0.1, 0.15) is 36.3 Å². The lowest BCUT2D eigenvalue weighted by molar-refractivity contribution is -0.131. The number of hydrogen-bond acceptors (Lipinski definition) is 2. The number of nitrogens with one attached hydrogen (secondary N) is 1. The highest BCUT2D eigenvalue weighted by molar-refractivity contribution is 5.86. The summed E-state index contributed by atoms with van der Waals surface area (Å²) in [4.78, 5) is 12.0. The van der Waals surface area contributed by atoms with Gasteiger partial charge in [0.2, 0.25) is 5.91 Å². The summed E-state index contributed by atoms with van der Waals surface area (Å²) >= 11 is 0. The van der Waals surface area contributed by atoms with Gasteiger partial charge in [0.1, 0.15) is 5.41 Å². The number of benzene rings is 1. The molecule has 1 aromatic rings. The molecule has 0 bridgehead atoms. The average molecular weight is 240 g/mol. The van der Waals surface area contributed by atoms with Gasteiger partial charge in [-0.05, 0) is 36.8 Å². The quantitative estimate of drug-likeness (QED) is 0.880. The lowest BCUT2D eigenvalue weighted by atomic mass is 9.69. The van der Waals surface area contributed by atoms with Crippen molar-refractivity contribution < 1.29 is 4.79 Å². The van der Waals surface area contributed by atoms with E-state index in [0.29, 0.717) is 12.5 Å². The molecule has 1 fully saturated rings. The Balaban J connectivity index is 1.58. The highest BCUT2D eigenvalue weighted by atomic mass is 16.2. The fourth-order valence-electron chi connectivity index (χ4n) is 2.85. The van der Waals surface area contributed by atoms with E-state index in [2.05, 4.69) is 23.5 Å². The van der Waals surface area contributed by atoms with Gasteiger partial charge >= 0.3 is 0 Å². The third-order valence-corrected chi connectivity index (χ3v) is 4.33. The normalized spacial score (nSPS) is 22.9. The van der Waals surface area contributed by atoms with Crippen LogP contribution in [-0.2, 0) is 11.2 Å². The number of nitrogens with zero attached hydrogens (tertiary/aromatic N) is 1. The Morgan fingerprint density at radius 2 is 2.22 bits per heavy atom. The molecule has 2 aliphatic rings. The van der Waals surface area contributed by atoms with E-state index >= 15 is 0 Å². The maximum absolute atomic E-state index is 12.0. The van der Waals surface area contributed by atoms with E-state index in [4.69, 9.17) is 5.26 Å². The number of fused-ring (bicyclic) bond motifs is 1. The summed E-state index contributed by atoms with van der Waals surface area (Å²) in [7, 11) is 0. The molecule has 0 aromatic heterocycles. The molecule has 0 saturated heterocycles. The van der Waals surface area contributed by atoms with Crippen LogP contribution in [0, 0.1) is 16.7 Å². The fourth-order valence-corrected chi connectivity index (χ4v) is 2.85. The SMILES string of the molecule is N#CC1(C(=O)NCC2Cc3ccccc32)CCC1. The Labute approximate surface area is 107 Å². The van der Waals surface area contributed by atoms with Crippen LogP contribution in [0.15, 0.2) is 24.3 Å². The first-order chi connectivity index (χ1) is 8.75. The first kappa shape index (κ1) is 11.3. The molecule has 18 heavy (non-hydrogen) atoms. The van der Waals surface area contributed by atoms with Gasteiger partial charge in [-0.3, -0.25) is 4.79 Å². The van der Waals surface area contributed by atoms with Crippen LogP contribution >= 0.6 is 0 Å². The summed E-state index contributed by atoms with van der Waals surface area (Å²) in [6.45, 7) is 0.666. The summed E-state index contributed by atoms with van der Waals surface area (Å²) in [6, 6.07) is 10.5. The van der Waals surface area contributed by atoms with Crippen LogP contribution in [0.3, 0.4) is 0 Å². The lowest BCUT2D eigenvalue weighted by Crippen LogP contribution is -2.46. The van der Waals surface area contributed by atoms with Crippen molar-refractivity contribution in [2.24, 2.45) is 5.41 Å². The topological polar surface area (TPSA) is 52.9 Å². The predicted octanol–water partition coefficient (Wildman–Crippen LogP) is 2.14. The minimum Gasteiger partial charge on any atom is -0.354 e. The van der Waals surface area contributed by atoms with Crippen molar-refractivity contribution in [3.8, 4) is 6.07 Å². The Kier molecular flexibility index (Phi) is 2.59. The van der Waals surface area contributed by atoms with Crippen molar-refractivity contribution in [3.05, 3.63) is 35.4 Å². The van der Waals surface area contributed by atoms with Gasteiger partial charge in [0.05, 0.1) is 6.07 Å². The van der Waals surface area contributed by atoms with Gasteiger partial charge < -0.3 is 5.32 Å². The molecule has 1 amide bonds. The van der Waals surface area contributed by atoms with E-state index in [0.717, 1.165) is 25.7 Å². The highest BCUT2D eigenvalue weighted by Gasteiger charge is 2.44. The smallest absolute Gasteiger partial charge is 0.240 e.